The number of hydrogen-bond acceptors (Lipinski definition) is 3. The molecule has 2 saturated heterocycles. The summed E-state index contributed by atoms with van der Waals surface area (Å²) in [5.74, 6) is 0.299. The van der Waals surface area contributed by atoms with Crippen molar-refractivity contribution >= 4 is 10.0 Å². The van der Waals surface area contributed by atoms with Gasteiger partial charge in [-0.3, -0.25) is 0 Å². The summed E-state index contributed by atoms with van der Waals surface area (Å²) < 4.78 is 26.3. The molecule has 0 aromatic carbocycles. The van der Waals surface area contributed by atoms with Crippen LogP contribution in [-0.2, 0) is 10.0 Å². The van der Waals surface area contributed by atoms with Crippen LogP contribution in [0, 0.1) is 0 Å². The Labute approximate surface area is 105 Å². The van der Waals surface area contributed by atoms with Crippen molar-refractivity contribution in [1.82, 2.24) is 9.62 Å². The van der Waals surface area contributed by atoms with E-state index < -0.39 is 10.0 Å². The lowest BCUT2D eigenvalue weighted by molar-refractivity contribution is 0.362. The lowest BCUT2D eigenvalue weighted by Gasteiger charge is -2.25. The molecule has 4 nitrogen and oxygen atoms in total. The topological polar surface area (TPSA) is 49.4 Å². The second kappa shape index (κ2) is 6.16. The Balaban J connectivity index is 1.92. The first-order valence-electron chi connectivity index (χ1n) is 6.90. The predicted octanol–water partition coefficient (Wildman–Crippen LogP) is 1.33. The highest BCUT2D eigenvalue weighted by molar-refractivity contribution is 7.89. The molecule has 1 atom stereocenters. The Hall–Kier alpha value is -0.130. The number of nitrogens with zero attached hydrogens (tertiary/aromatic N) is 1. The zero-order valence-corrected chi connectivity index (χ0v) is 11.3. The molecule has 2 fully saturated rings. The Bertz CT molecular complexity index is 315. The molecular formula is C12H24N2O2S. The number of nitrogens with one attached hydrogen (secondary N) is 1. The fraction of sp³-hybridized carbons (Fsp3) is 1.00. The minimum absolute atomic E-state index is 0.186. The van der Waals surface area contributed by atoms with Crippen molar-refractivity contribution in [2.75, 3.05) is 25.4 Å². The number of sulfonamides is 1. The minimum atomic E-state index is -3.04. The summed E-state index contributed by atoms with van der Waals surface area (Å²) in [6.45, 7) is 2.43. The molecule has 1 unspecified atom stereocenters. The average molecular weight is 260 g/mol. The molecule has 2 rings (SSSR count). The maximum atomic E-state index is 12.3. The Morgan fingerprint density at radius 2 is 1.65 bits per heavy atom. The molecular weight excluding hydrogens is 236 g/mol. The van der Waals surface area contributed by atoms with Gasteiger partial charge in [0.1, 0.15) is 0 Å². The first kappa shape index (κ1) is 13.3. The van der Waals surface area contributed by atoms with E-state index in [1.807, 2.05) is 0 Å². The van der Waals surface area contributed by atoms with Crippen molar-refractivity contribution in [1.29, 1.82) is 0 Å². The molecule has 0 aliphatic carbocycles. The van der Waals surface area contributed by atoms with Gasteiger partial charge in [0.25, 0.3) is 0 Å². The number of hydrogen-bond donors (Lipinski definition) is 1. The smallest absolute Gasteiger partial charge is 0.215 e. The third kappa shape index (κ3) is 3.93. The van der Waals surface area contributed by atoms with Gasteiger partial charge in [0, 0.05) is 19.1 Å². The first-order chi connectivity index (χ1) is 8.18. The Morgan fingerprint density at radius 1 is 1.00 bits per heavy atom. The molecule has 100 valence electrons. The standard InChI is InChI=1S/C12H24N2O2S/c15-17(16,11-12-7-6-8-13-12)14-9-4-2-1-3-5-10-14/h12-13H,1-11H2. The molecule has 0 aromatic rings. The highest BCUT2D eigenvalue weighted by Gasteiger charge is 2.27. The third-order valence-corrected chi connectivity index (χ3v) is 5.76. The van der Waals surface area contributed by atoms with Gasteiger partial charge in [-0.25, -0.2) is 12.7 Å². The SMILES string of the molecule is O=S(=O)(CC1CCCN1)N1CCCCCCC1. The Morgan fingerprint density at radius 3 is 2.24 bits per heavy atom. The lowest BCUT2D eigenvalue weighted by atomic mass is 10.1. The van der Waals surface area contributed by atoms with Crippen LogP contribution in [0.3, 0.4) is 0 Å². The Kier molecular flexibility index (Phi) is 4.82. The lowest BCUT2D eigenvalue weighted by Crippen LogP contribution is -2.41. The molecule has 0 bridgehead atoms. The van der Waals surface area contributed by atoms with Crippen molar-refractivity contribution in [3.05, 3.63) is 0 Å². The van der Waals surface area contributed by atoms with E-state index in [1.54, 1.807) is 4.31 Å². The summed E-state index contributed by atoms with van der Waals surface area (Å²) in [7, 11) is -3.04. The molecule has 0 saturated carbocycles. The second-order valence-electron chi connectivity index (χ2n) is 5.24. The second-order valence-corrected chi connectivity index (χ2v) is 7.25. The van der Waals surface area contributed by atoms with Crippen molar-refractivity contribution in [3.8, 4) is 0 Å². The van der Waals surface area contributed by atoms with Crippen LogP contribution < -0.4 is 5.32 Å². The van der Waals surface area contributed by atoms with E-state index in [0.29, 0.717) is 5.75 Å². The first-order valence-corrected chi connectivity index (χ1v) is 8.50. The molecule has 2 heterocycles. The molecule has 0 aromatic heterocycles. The van der Waals surface area contributed by atoms with E-state index in [2.05, 4.69) is 5.32 Å². The van der Waals surface area contributed by atoms with E-state index in [0.717, 1.165) is 45.3 Å². The van der Waals surface area contributed by atoms with E-state index >= 15 is 0 Å². The van der Waals surface area contributed by atoms with Gasteiger partial charge < -0.3 is 5.32 Å². The zero-order valence-electron chi connectivity index (χ0n) is 10.5. The average Bonchev–Trinajstić information content (AvgIpc) is 2.68. The van der Waals surface area contributed by atoms with Crippen LogP contribution in [0.2, 0.25) is 0 Å². The number of rotatable bonds is 3. The summed E-state index contributed by atoms with van der Waals surface area (Å²) in [6.07, 6.45) is 7.78. The van der Waals surface area contributed by atoms with Gasteiger partial charge in [0.2, 0.25) is 10.0 Å². The summed E-state index contributed by atoms with van der Waals surface area (Å²) in [6, 6.07) is 0.186. The van der Waals surface area contributed by atoms with E-state index in [-0.39, 0.29) is 6.04 Å². The summed E-state index contributed by atoms with van der Waals surface area (Å²) in [5, 5.41) is 3.27. The third-order valence-electron chi connectivity index (χ3n) is 3.78. The highest BCUT2D eigenvalue weighted by atomic mass is 32.2. The fourth-order valence-corrected chi connectivity index (χ4v) is 4.57. The normalized spacial score (nSPS) is 28.8. The zero-order chi connectivity index (χ0) is 12.1. The van der Waals surface area contributed by atoms with Crippen LogP contribution in [0.1, 0.15) is 44.9 Å². The largest absolute Gasteiger partial charge is 0.313 e. The van der Waals surface area contributed by atoms with Gasteiger partial charge in [0.05, 0.1) is 5.75 Å². The van der Waals surface area contributed by atoms with Gasteiger partial charge >= 0.3 is 0 Å². The maximum Gasteiger partial charge on any atom is 0.215 e. The van der Waals surface area contributed by atoms with Gasteiger partial charge in [-0.15, -0.1) is 0 Å². The quantitative estimate of drug-likeness (QED) is 0.833. The van der Waals surface area contributed by atoms with Gasteiger partial charge in [0.15, 0.2) is 0 Å². The fourth-order valence-electron chi connectivity index (χ4n) is 2.76. The van der Waals surface area contributed by atoms with Gasteiger partial charge in [-0.05, 0) is 32.2 Å². The van der Waals surface area contributed by atoms with Crippen molar-refractivity contribution in [2.45, 2.75) is 51.0 Å². The van der Waals surface area contributed by atoms with Crippen LogP contribution in [0.25, 0.3) is 0 Å². The van der Waals surface area contributed by atoms with Gasteiger partial charge in [-0.2, -0.15) is 0 Å². The van der Waals surface area contributed by atoms with Crippen molar-refractivity contribution in [3.63, 3.8) is 0 Å². The van der Waals surface area contributed by atoms with E-state index in [9.17, 15) is 8.42 Å². The summed E-state index contributed by atoms with van der Waals surface area (Å²) >= 11 is 0. The van der Waals surface area contributed by atoms with Crippen LogP contribution in [0.4, 0.5) is 0 Å². The van der Waals surface area contributed by atoms with E-state index in [4.69, 9.17) is 0 Å². The summed E-state index contributed by atoms with van der Waals surface area (Å²) in [4.78, 5) is 0. The molecule has 0 amide bonds. The highest BCUT2D eigenvalue weighted by Crippen LogP contribution is 2.16. The summed E-state index contributed by atoms with van der Waals surface area (Å²) in [5.41, 5.74) is 0. The van der Waals surface area contributed by atoms with E-state index in [1.165, 1.54) is 19.3 Å². The van der Waals surface area contributed by atoms with Crippen LogP contribution in [0.15, 0.2) is 0 Å². The molecule has 17 heavy (non-hydrogen) atoms. The van der Waals surface area contributed by atoms with Crippen LogP contribution in [0.5, 0.6) is 0 Å². The molecule has 2 aliphatic heterocycles. The van der Waals surface area contributed by atoms with Crippen LogP contribution in [-0.4, -0.2) is 44.2 Å². The van der Waals surface area contributed by atoms with Gasteiger partial charge in [-0.1, -0.05) is 19.3 Å². The molecule has 5 heteroatoms. The minimum Gasteiger partial charge on any atom is -0.313 e. The molecule has 2 aliphatic rings. The molecule has 0 spiro atoms. The van der Waals surface area contributed by atoms with Crippen LogP contribution >= 0.6 is 0 Å². The monoisotopic (exact) mass is 260 g/mol. The molecule has 1 N–H and O–H groups in total. The molecule has 0 radical (unpaired) electrons. The predicted molar refractivity (Wildman–Crippen MR) is 69.5 cm³/mol. The maximum absolute atomic E-state index is 12.3. The van der Waals surface area contributed by atoms with Crippen molar-refractivity contribution < 1.29 is 8.42 Å². The van der Waals surface area contributed by atoms with Crippen molar-refractivity contribution in [2.24, 2.45) is 0 Å².